The number of hydrogen-bond donors (Lipinski definition) is 0. The van der Waals surface area contributed by atoms with Crippen molar-refractivity contribution >= 4 is 0 Å². The lowest BCUT2D eigenvalue weighted by molar-refractivity contribution is 0.925. The molecule has 0 bridgehead atoms. The Bertz CT molecular complexity index is 216. The summed E-state index contributed by atoms with van der Waals surface area (Å²) in [5, 5.41) is 0. The fourth-order valence-electron chi connectivity index (χ4n) is 0.978. The van der Waals surface area contributed by atoms with Crippen molar-refractivity contribution in [2.45, 2.75) is 19.8 Å². The zero-order valence-corrected chi connectivity index (χ0v) is 6.33. The first-order valence-corrected chi connectivity index (χ1v) is 3.39. The zero-order chi connectivity index (χ0) is 7.56. The number of hydrogen-bond acceptors (Lipinski definition) is 1. The Hall–Kier alpha value is -0.850. The van der Waals surface area contributed by atoms with Crippen LogP contribution in [-0.4, -0.2) is 4.98 Å². The van der Waals surface area contributed by atoms with Crippen molar-refractivity contribution in [1.29, 1.82) is 0 Å². The molecule has 1 aromatic rings. The van der Waals surface area contributed by atoms with E-state index in [-0.39, 0.29) is 5.92 Å². The second-order valence-electron chi connectivity index (χ2n) is 2.47. The number of pyridine rings is 1. The fraction of sp³-hybridized carbons (Fsp3) is 0.333. The maximum atomic E-state index is 5.67. The highest BCUT2D eigenvalue weighted by Crippen LogP contribution is 2.14. The van der Waals surface area contributed by atoms with Crippen molar-refractivity contribution in [3.8, 4) is 0 Å². The van der Waals surface area contributed by atoms with Gasteiger partial charge in [0.05, 0.1) is 0 Å². The molecule has 1 unspecified atom stereocenters. The first-order valence-electron chi connectivity index (χ1n) is 3.39. The van der Waals surface area contributed by atoms with Gasteiger partial charge in [-0.3, -0.25) is 4.98 Å². The molecule has 1 heterocycles. The van der Waals surface area contributed by atoms with Gasteiger partial charge in [0.25, 0.3) is 0 Å². The van der Waals surface area contributed by atoms with E-state index < -0.39 is 0 Å². The second kappa shape index (κ2) is 2.82. The van der Waals surface area contributed by atoms with E-state index >= 15 is 0 Å². The van der Waals surface area contributed by atoms with Crippen LogP contribution in [0.15, 0.2) is 18.3 Å². The minimum atomic E-state index is 0.0914. The summed E-state index contributed by atoms with van der Waals surface area (Å²) < 4.78 is 0. The minimum Gasteiger partial charge on any atom is -0.261 e. The molecule has 1 nitrogen and oxygen atoms in total. The molecule has 0 N–H and O–H groups in total. The summed E-state index contributed by atoms with van der Waals surface area (Å²) in [5.74, 6) is 0.0914. The molecule has 0 aliphatic carbocycles. The number of rotatable bonds is 1. The van der Waals surface area contributed by atoms with Crippen molar-refractivity contribution in [1.82, 2.24) is 4.98 Å². The van der Waals surface area contributed by atoms with Gasteiger partial charge in [-0.2, -0.15) is 0 Å². The monoisotopic (exact) mass is 133 g/mol. The molecule has 0 aromatic carbocycles. The Morgan fingerprint density at radius 1 is 1.60 bits per heavy atom. The molecule has 0 amide bonds. The summed E-state index contributed by atoms with van der Waals surface area (Å²) in [6, 6.07) is 3.92. The van der Waals surface area contributed by atoms with Crippen molar-refractivity contribution in [3.63, 3.8) is 0 Å². The Labute approximate surface area is 62.1 Å². The Kier molecular flexibility index (Phi) is 2.05. The summed E-state index contributed by atoms with van der Waals surface area (Å²) >= 11 is 0. The van der Waals surface area contributed by atoms with Gasteiger partial charge in [-0.25, -0.2) is 0 Å². The second-order valence-corrected chi connectivity index (χ2v) is 2.47. The highest BCUT2D eigenvalue weighted by Gasteiger charge is 2.01. The van der Waals surface area contributed by atoms with Crippen LogP contribution >= 0.6 is 0 Å². The number of aryl methyl sites for hydroxylation is 1. The molecule has 0 aliphatic rings. The predicted molar refractivity (Wildman–Crippen MR) is 41.7 cm³/mol. The Morgan fingerprint density at radius 3 is 2.70 bits per heavy atom. The van der Waals surface area contributed by atoms with Crippen LogP contribution in [0.25, 0.3) is 0 Å². The predicted octanol–water partition coefficient (Wildman–Crippen LogP) is 2.20. The first-order chi connectivity index (χ1) is 4.72. The summed E-state index contributed by atoms with van der Waals surface area (Å²) in [4.78, 5) is 4.12. The van der Waals surface area contributed by atoms with Crippen LogP contribution in [0.5, 0.6) is 0 Å². The SMILES string of the molecule is [CH]C(C)c1cccnc1C. The van der Waals surface area contributed by atoms with Crippen LogP contribution < -0.4 is 0 Å². The lowest BCUT2D eigenvalue weighted by Crippen LogP contribution is -1.93. The molecule has 1 rings (SSSR count). The summed E-state index contributed by atoms with van der Waals surface area (Å²) in [5.41, 5.74) is 2.15. The van der Waals surface area contributed by atoms with E-state index in [2.05, 4.69) is 4.98 Å². The maximum absolute atomic E-state index is 5.67. The van der Waals surface area contributed by atoms with Crippen LogP contribution in [0.2, 0.25) is 0 Å². The summed E-state index contributed by atoms with van der Waals surface area (Å²) in [7, 11) is 0. The van der Waals surface area contributed by atoms with Gasteiger partial charge in [-0.1, -0.05) is 13.0 Å². The van der Waals surface area contributed by atoms with Gasteiger partial charge >= 0.3 is 0 Å². The van der Waals surface area contributed by atoms with Gasteiger partial charge < -0.3 is 0 Å². The van der Waals surface area contributed by atoms with Gasteiger partial charge in [0.1, 0.15) is 0 Å². The third kappa shape index (κ3) is 1.35. The van der Waals surface area contributed by atoms with E-state index in [4.69, 9.17) is 6.92 Å². The molecule has 52 valence electrons. The van der Waals surface area contributed by atoms with E-state index in [1.807, 2.05) is 26.0 Å². The normalized spacial score (nSPS) is 10.4. The smallest absolute Gasteiger partial charge is 0.0407 e. The maximum Gasteiger partial charge on any atom is 0.0407 e. The molecule has 0 saturated carbocycles. The first kappa shape index (κ1) is 7.26. The quantitative estimate of drug-likeness (QED) is 0.572. The van der Waals surface area contributed by atoms with Crippen molar-refractivity contribution < 1.29 is 0 Å². The molecular weight excluding hydrogens is 122 g/mol. The topological polar surface area (TPSA) is 12.9 Å². The molecule has 1 aromatic heterocycles. The van der Waals surface area contributed by atoms with E-state index in [0.717, 1.165) is 11.3 Å². The molecule has 1 atom stereocenters. The highest BCUT2D eigenvalue weighted by atomic mass is 14.7. The number of nitrogens with zero attached hydrogens (tertiary/aromatic N) is 1. The zero-order valence-electron chi connectivity index (χ0n) is 6.33. The van der Waals surface area contributed by atoms with E-state index in [9.17, 15) is 0 Å². The van der Waals surface area contributed by atoms with E-state index in [0.29, 0.717) is 0 Å². The van der Waals surface area contributed by atoms with Gasteiger partial charge in [0.15, 0.2) is 0 Å². The largest absolute Gasteiger partial charge is 0.261 e. The summed E-state index contributed by atoms with van der Waals surface area (Å²) in [6.07, 6.45) is 1.78. The average Bonchev–Trinajstić information content (AvgIpc) is 1.88. The summed E-state index contributed by atoms with van der Waals surface area (Å²) in [6.45, 7) is 9.61. The van der Waals surface area contributed by atoms with Gasteiger partial charge in [0, 0.05) is 11.9 Å². The Morgan fingerprint density at radius 2 is 2.30 bits per heavy atom. The third-order valence-electron chi connectivity index (χ3n) is 1.54. The van der Waals surface area contributed by atoms with Crippen LogP contribution in [0.3, 0.4) is 0 Å². The van der Waals surface area contributed by atoms with Crippen LogP contribution in [0.1, 0.15) is 24.1 Å². The molecule has 0 fully saturated rings. The Balaban J connectivity index is 3.03. The van der Waals surface area contributed by atoms with Crippen molar-refractivity contribution in [2.75, 3.05) is 0 Å². The average molecular weight is 133 g/mol. The van der Waals surface area contributed by atoms with Crippen molar-refractivity contribution in [3.05, 3.63) is 36.5 Å². The minimum absolute atomic E-state index is 0.0914. The van der Waals surface area contributed by atoms with Crippen LogP contribution in [-0.2, 0) is 0 Å². The van der Waals surface area contributed by atoms with Gasteiger partial charge in [-0.15, -0.1) is 0 Å². The van der Waals surface area contributed by atoms with E-state index in [1.165, 1.54) is 0 Å². The molecule has 0 spiro atoms. The van der Waals surface area contributed by atoms with Crippen LogP contribution in [0.4, 0.5) is 0 Å². The molecule has 2 radical (unpaired) electrons. The molecule has 0 aliphatic heterocycles. The standard InChI is InChI=1S/C9H11N/c1-7(2)9-5-4-6-10-8(9)3/h1,4-7H,2-3H3. The van der Waals surface area contributed by atoms with Gasteiger partial charge in [-0.05, 0) is 31.4 Å². The number of aromatic nitrogens is 1. The van der Waals surface area contributed by atoms with Gasteiger partial charge in [0.2, 0.25) is 0 Å². The van der Waals surface area contributed by atoms with Crippen molar-refractivity contribution in [2.24, 2.45) is 0 Å². The highest BCUT2D eigenvalue weighted by molar-refractivity contribution is 5.22. The molecule has 0 saturated heterocycles. The van der Waals surface area contributed by atoms with E-state index in [1.54, 1.807) is 6.20 Å². The lowest BCUT2D eigenvalue weighted by Gasteiger charge is -2.05. The lowest BCUT2D eigenvalue weighted by atomic mass is 10.0. The molecule has 1 heteroatoms. The molecule has 10 heavy (non-hydrogen) atoms. The fourth-order valence-corrected chi connectivity index (χ4v) is 0.978. The molecular formula is C9H11N. The van der Waals surface area contributed by atoms with Crippen LogP contribution in [0, 0.1) is 13.8 Å². The third-order valence-corrected chi connectivity index (χ3v) is 1.54.